The molecule has 1 N–H and O–H groups in total. The first-order valence-corrected chi connectivity index (χ1v) is 6.56. The van der Waals surface area contributed by atoms with Gasteiger partial charge in [0, 0.05) is 24.8 Å². The molecule has 0 fully saturated rings. The third kappa shape index (κ3) is 3.70. The van der Waals surface area contributed by atoms with Crippen LogP contribution < -0.4 is 10.2 Å². The van der Waals surface area contributed by atoms with Crippen LogP contribution >= 0.6 is 0 Å². The molecule has 1 aromatic rings. The maximum absolute atomic E-state index is 4.56. The van der Waals surface area contributed by atoms with E-state index in [-0.39, 0.29) is 0 Å². The van der Waals surface area contributed by atoms with Gasteiger partial charge >= 0.3 is 0 Å². The van der Waals surface area contributed by atoms with Crippen molar-refractivity contribution >= 4 is 5.82 Å². The van der Waals surface area contributed by atoms with E-state index in [1.807, 2.05) is 6.20 Å². The van der Waals surface area contributed by atoms with Crippen molar-refractivity contribution in [2.24, 2.45) is 0 Å². The highest BCUT2D eigenvalue weighted by molar-refractivity contribution is 5.40. The quantitative estimate of drug-likeness (QED) is 0.821. The molecule has 1 unspecified atom stereocenters. The molecule has 0 spiro atoms. The van der Waals surface area contributed by atoms with E-state index in [0.717, 1.165) is 18.9 Å². The summed E-state index contributed by atoms with van der Waals surface area (Å²) in [6.45, 7) is 12.8. The molecule has 0 saturated carbocycles. The maximum Gasteiger partial charge on any atom is 0.128 e. The predicted molar refractivity (Wildman–Crippen MR) is 74.5 cm³/mol. The van der Waals surface area contributed by atoms with E-state index in [4.69, 9.17) is 0 Å². The van der Waals surface area contributed by atoms with E-state index >= 15 is 0 Å². The lowest BCUT2D eigenvalue weighted by Crippen LogP contribution is -2.31. The molecule has 0 saturated heterocycles. The second-order valence-corrected chi connectivity index (χ2v) is 4.61. The van der Waals surface area contributed by atoms with Crippen molar-refractivity contribution in [3.63, 3.8) is 0 Å². The van der Waals surface area contributed by atoms with E-state index in [1.54, 1.807) is 0 Å². The molecule has 0 aliphatic rings. The largest absolute Gasteiger partial charge is 0.354 e. The zero-order valence-electron chi connectivity index (χ0n) is 11.7. The van der Waals surface area contributed by atoms with Gasteiger partial charge in [0.05, 0.1) is 0 Å². The van der Waals surface area contributed by atoms with Gasteiger partial charge in [0.15, 0.2) is 0 Å². The van der Waals surface area contributed by atoms with Gasteiger partial charge in [-0.1, -0.05) is 13.0 Å². The number of rotatable bonds is 6. The Morgan fingerprint density at radius 3 is 2.35 bits per heavy atom. The van der Waals surface area contributed by atoms with Gasteiger partial charge in [-0.2, -0.15) is 0 Å². The summed E-state index contributed by atoms with van der Waals surface area (Å²) in [6, 6.07) is 5.15. The van der Waals surface area contributed by atoms with Crippen molar-refractivity contribution in [3.8, 4) is 0 Å². The summed E-state index contributed by atoms with van der Waals surface area (Å²) in [5, 5.41) is 3.39. The molecule has 3 heteroatoms. The van der Waals surface area contributed by atoms with Crippen LogP contribution in [0.3, 0.4) is 0 Å². The molecule has 0 bridgehead atoms. The lowest BCUT2D eigenvalue weighted by molar-refractivity contribution is 0.595. The van der Waals surface area contributed by atoms with E-state index in [2.05, 4.69) is 62.0 Å². The normalized spacial score (nSPS) is 12.8. The van der Waals surface area contributed by atoms with E-state index < -0.39 is 0 Å². The Balaban J connectivity index is 2.79. The highest BCUT2D eigenvalue weighted by Crippen LogP contribution is 2.17. The van der Waals surface area contributed by atoms with Crippen molar-refractivity contribution in [2.45, 2.75) is 46.7 Å². The molecule has 0 aromatic carbocycles. The summed E-state index contributed by atoms with van der Waals surface area (Å²) >= 11 is 0. The van der Waals surface area contributed by atoms with Gasteiger partial charge in [0.1, 0.15) is 5.82 Å². The number of hydrogen-bond acceptors (Lipinski definition) is 3. The Labute approximate surface area is 105 Å². The molecule has 3 nitrogen and oxygen atoms in total. The summed E-state index contributed by atoms with van der Waals surface area (Å²) in [5.74, 6) is 1.06. The van der Waals surface area contributed by atoms with Gasteiger partial charge in [-0.15, -0.1) is 0 Å². The Morgan fingerprint density at radius 2 is 1.94 bits per heavy atom. The second kappa shape index (κ2) is 6.60. The molecule has 0 aliphatic heterocycles. The van der Waals surface area contributed by atoms with Crippen LogP contribution in [-0.4, -0.2) is 24.1 Å². The second-order valence-electron chi connectivity index (χ2n) is 4.61. The zero-order valence-corrected chi connectivity index (χ0v) is 11.7. The molecule has 1 rings (SSSR count). The molecular weight excluding hydrogens is 210 g/mol. The van der Waals surface area contributed by atoms with Crippen molar-refractivity contribution in [3.05, 3.63) is 23.9 Å². The van der Waals surface area contributed by atoms with Gasteiger partial charge in [-0.05, 0) is 45.9 Å². The molecule has 0 aliphatic carbocycles. The molecule has 0 radical (unpaired) electrons. The summed E-state index contributed by atoms with van der Waals surface area (Å²) < 4.78 is 0. The van der Waals surface area contributed by atoms with Crippen molar-refractivity contribution in [1.82, 2.24) is 10.3 Å². The monoisotopic (exact) mass is 235 g/mol. The molecule has 1 aromatic heterocycles. The zero-order chi connectivity index (χ0) is 12.8. The number of pyridine rings is 1. The van der Waals surface area contributed by atoms with Crippen LogP contribution in [0.4, 0.5) is 5.82 Å². The van der Waals surface area contributed by atoms with Gasteiger partial charge in [0.25, 0.3) is 0 Å². The summed E-state index contributed by atoms with van der Waals surface area (Å²) in [5.41, 5.74) is 1.25. The van der Waals surface area contributed by atoms with E-state index in [1.165, 1.54) is 5.56 Å². The highest BCUT2D eigenvalue weighted by Gasteiger charge is 2.10. The average Bonchev–Trinajstić information content (AvgIpc) is 2.30. The van der Waals surface area contributed by atoms with Crippen LogP contribution in [0.1, 0.15) is 46.2 Å². The minimum Gasteiger partial charge on any atom is -0.354 e. The van der Waals surface area contributed by atoms with E-state index in [9.17, 15) is 0 Å². The fraction of sp³-hybridized carbons (Fsp3) is 0.643. The smallest absolute Gasteiger partial charge is 0.128 e. The van der Waals surface area contributed by atoms with Gasteiger partial charge in [0.2, 0.25) is 0 Å². The standard InChI is InChI=1S/C14H25N3/c1-6-15-12(5)13-8-9-14(16-10-13)17(7-2)11(3)4/h8-12,15H,6-7H2,1-5H3. The number of aromatic nitrogens is 1. The van der Waals surface area contributed by atoms with Crippen molar-refractivity contribution in [2.75, 3.05) is 18.0 Å². The number of hydrogen-bond donors (Lipinski definition) is 1. The fourth-order valence-electron chi connectivity index (χ4n) is 2.04. The van der Waals surface area contributed by atoms with Crippen LogP contribution in [0.5, 0.6) is 0 Å². The predicted octanol–water partition coefficient (Wildman–Crippen LogP) is 2.99. The number of anilines is 1. The number of nitrogens with zero attached hydrogens (tertiary/aromatic N) is 2. The van der Waals surface area contributed by atoms with Gasteiger partial charge in [-0.3, -0.25) is 0 Å². The third-order valence-corrected chi connectivity index (χ3v) is 3.04. The Hall–Kier alpha value is -1.09. The number of nitrogens with one attached hydrogen (secondary N) is 1. The first kappa shape index (κ1) is 14.0. The van der Waals surface area contributed by atoms with Gasteiger partial charge in [-0.25, -0.2) is 4.98 Å². The van der Waals surface area contributed by atoms with Crippen LogP contribution in [0.15, 0.2) is 18.3 Å². The molecule has 0 amide bonds. The topological polar surface area (TPSA) is 28.2 Å². The third-order valence-electron chi connectivity index (χ3n) is 3.04. The lowest BCUT2D eigenvalue weighted by atomic mass is 10.1. The highest BCUT2D eigenvalue weighted by atomic mass is 15.2. The molecular formula is C14H25N3. The molecule has 1 atom stereocenters. The Kier molecular flexibility index (Phi) is 5.42. The first-order chi connectivity index (χ1) is 8.10. The fourth-order valence-corrected chi connectivity index (χ4v) is 2.04. The van der Waals surface area contributed by atoms with Crippen LogP contribution in [-0.2, 0) is 0 Å². The van der Waals surface area contributed by atoms with Crippen molar-refractivity contribution in [1.29, 1.82) is 0 Å². The Bertz CT molecular complexity index is 319. The summed E-state index contributed by atoms with van der Waals surface area (Å²) in [4.78, 5) is 6.85. The molecule has 17 heavy (non-hydrogen) atoms. The lowest BCUT2D eigenvalue weighted by Gasteiger charge is -2.26. The average molecular weight is 235 g/mol. The van der Waals surface area contributed by atoms with E-state index in [0.29, 0.717) is 12.1 Å². The summed E-state index contributed by atoms with van der Waals surface area (Å²) in [7, 11) is 0. The van der Waals surface area contributed by atoms with Gasteiger partial charge < -0.3 is 10.2 Å². The van der Waals surface area contributed by atoms with Crippen LogP contribution in [0.25, 0.3) is 0 Å². The maximum atomic E-state index is 4.56. The SMILES string of the molecule is CCNC(C)c1ccc(N(CC)C(C)C)nc1. The Morgan fingerprint density at radius 1 is 1.24 bits per heavy atom. The van der Waals surface area contributed by atoms with Crippen LogP contribution in [0.2, 0.25) is 0 Å². The molecule has 96 valence electrons. The minimum absolute atomic E-state index is 0.371. The first-order valence-electron chi connectivity index (χ1n) is 6.56. The van der Waals surface area contributed by atoms with Crippen molar-refractivity contribution < 1.29 is 0 Å². The molecule has 1 heterocycles. The summed E-state index contributed by atoms with van der Waals surface area (Å²) in [6.07, 6.45) is 1.98. The minimum atomic E-state index is 0.371. The van der Waals surface area contributed by atoms with Crippen LogP contribution in [0, 0.1) is 0 Å².